The molecule has 2 aromatic rings. The molecule has 4 nitrogen and oxygen atoms in total. The second-order valence-electron chi connectivity index (χ2n) is 9.27. The van der Waals surface area contributed by atoms with E-state index < -0.39 is 16.1 Å². The van der Waals surface area contributed by atoms with Crippen molar-refractivity contribution in [3.8, 4) is 5.75 Å². The van der Waals surface area contributed by atoms with Crippen LogP contribution in [0.3, 0.4) is 0 Å². The van der Waals surface area contributed by atoms with Gasteiger partial charge in [0.15, 0.2) is 0 Å². The van der Waals surface area contributed by atoms with Crippen molar-refractivity contribution in [3.05, 3.63) is 65.7 Å². The van der Waals surface area contributed by atoms with E-state index in [-0.39, 0.29) is 11.2 Å². The number of hydrogen-bond acceptors (Lipinski definition) is 3. The van der Waals surface area contributed by atoms with Crippen LogP contribution in [0, 0.1) is 11.3 Å². The van der Waals surface area contributed by atoms with Crippen molar-refractivity contribution in [2.75, 3.05) is 12.4 Å². The van der Waals surface area contributed by atoms with Crippen molar-refractivity contribution >= 4 is 10.0 Å². The molecule has 1 unspecified atom stereocenters. The minimum absolute atomic E-state index is 0.127. The second kappa shape index (κ2) is 9.31. The Morgan fingerprint density at radius 2 is 1.72 bits per heavy atom. The van der Waals surface area contributed by atoms with Gasteiger partial charge < -0.3 is 4.74 Å². The van der Waals surface area contributed by atoms with Crippen LogP contribution in [0.1, 0.15) is 63.6 Å². The predicted molar refractivity (Wildman–Crippen MR) is 119 cm³/mol. The quantitative estimate of drug-likeness (QED) is 0.572. The first-order valence-corrected chi connectivity index (χ1v) is 12.1. The largest absolute Gasteiger partial charge is 0.493 e. The van der Waals surface area contributed by atoms with Gasteiger partial charge in [0, 0.05) is 0 Å². The first kappa shape index (κ1) is 21.8. The molecule has 0 bridgehead atoms. The average Bonchev–Trinajstić information content (AvgIpc) is 3.49. The van der Waals surface area contributed by atoms with E-state index in [0.29, 0.717) is 12.3 Å². The number of benzene rings is 2. The highest BCUT2D eigenvalue weighted by molar-refractivity contribution is 7.89. The van der Waals surface area contributed by atoms with Gasteiger partial charge in [-0.1, -0.05) is 63.2 Å². The maximum atomic E-state index is 12.8. The summed E-state index contributed by atoms with van der Waals surface area (Å²) in [5, 5.41) is 0. The molecule has 1 fully saturated rings. The molecule has 0 saturated heterocycles. The first-order valence-electron chi connectivity index (χ1n) is 10.5. The molecule has 158 valence electrons. The summed E-state index contributed by atoms with van der Waals surface area (Å²) in [7, 11) is -3.42. The number of nitrogens with one attached hydrogen (secondary N) is 1. The molecule has 0 amide bonds. The van der Waals surface area contributed by atoms with Crippen LogP contribution in [0.25, 0.3) is 0 Å². The molecule has 0 spiro atoms. The molecular weight excluding hydrogens is 382 g/mol. The molecule has 3 rings (SSSR count). The van der Waals surface area contributed by atoms with Gasteiger partial charge in [0.1, 0.15) is 5.75 Å². The van der Waals surface area contributed by atoms with E-state index in [1.165, 1.54) is 12.8 Å². The average molecular weight is 416 g/mol. The monoisotopic (exact) mass is 415 g/mol. The number of hydrogen-bond donors (Lipinski definition) is 1. The van der Waals surface area contributed by atoms with Gasteiger partial charge in [0.25, 0.3) is 0 Å². The Kier molecular flexibility index (Phi) is 7.01. The highest BCUT2D eigenvalue weighted by Crippen LogP contribution is 2.31. The predicted octanol–water partition coefficient (Wildman–Crippen LogP) is 5.31. The van der Waals surface area contributed by atoms with Crippen LogP contribution in [0.4, 0.5) is 0 Å². The third-order valence-electron chi connectivity index (χ3n) is 5.14. The normalized spacial score (nSPS) is 15.8. The number of rotatable bonds is 10. The van der Waals surface area contributed by atoms with Crippen LogP contribution in [-0.2, 0) is 10.0 Å². The van der Waals surface area contributed by atoms with Crippen LogP contribution < -0.4 is 9.46 Å². The van der Waals surface area contributed by atoms with Crippen molar-refractivity contribution in [2.24, 2.45) is 11.3 Å². The van der Waals surface area contributed by atoms with E-state index in [1.54, 1.807) is 0 Å². The summed E-state index contributed by atoms with van der Waals surface area (Å²) in [6.07, 6.45) is 3.99. The maximum Gasteiger partial charge on any atom is 0.212 e. The lowest BCUT2D eigenvalue weighted by atomic mass is 9.91. The minimum Gasteiger partial charge on any atom is -0.493 e. The zero-order valence-electron chi connectivity index (χ0n) is 17.7. The molecule has 5 heteroatoms. The van der Waals surface area contributed by atoms with Crippen LogP contribution in [0.5, 0.6) is 5.75 Å². The minimum atomic E-state index is -3.42. The third-order valence-corrected chi connectivity index (χ3v) is 6.57. The van der Waals surface area contributed by atoms with Crippen LogP contribution >= 0.6 is 0 Å². The summed E-state index contributed by atoms with van der Waals surface area (Å²) in [5.74, 6) is 1.60. The van der Waals surface area contributed by atoms with Crippen LogP contribution in [0.2, 0.25) is 0 Å². The second-order valence-corrected chi connectivity index (χ2v) is 11.1. The Labute approximate surface area is 175 Å². The molecule has 2 aromatic carbocycles. The van der Waals surface area contributed by atoms with E-state index in [2.05, 4.69) is 25.5 Å². The number of ether oxygens (including phenoxy) is 1. The Morgan fingerprint density at radius 1 is 1.03 bits per heavy atom. The molecule has 29 heavy (non-hydrogen) atoms. The Bertz CT molecular complexity index is 884. The molecule has 1 aliphatic rings. The van der Waals surface area contributed by atoms with Crippen LogP contribution in [0.15, 0.2) is 54.6 Å². The fourth-order valence-electron chi connectivity index (χ4n) is 3.29. The summed E-state index contributed by atoms with van der Waals surface area (Å²) in [4.78, 5) is 0. The Morgan fingerprint density at radius 3 is 2.38 bits per heavy atom. The first-order chi connectivity index (χ1) is 13.7. The lowest BCUT2D eigenvalue weighted by Crippen LogP contribution is -2.31. The summed E-state index contributed by atoms with van der Waals surface area (Å²) in [6.45, 7) is 7.13. The van der Waals surface area contributed by atoms with Crippen molar-refractivity contribution in [2.45, 2.75) is 52.5 Å². The summed E-state index contributed by atoms with van der Waals surface area (Å²) in [6, 6.07) is 17.1. The molecule has 0 aliphatic heterocycles. The lowest BCUT2D eigenvalue weighted by Gasteiger charge is -2.22. The zero-order valence-corrected chi connectivity index (χ0v) is 18.5. The third kappa shape index (κ3) is 7.48. The highest BCUT2D eigenvalue weighted by Gasteiger charge is 2.24. The Balaban J connectivity index is 1.77. The van der Waals surface area contributed by atoms with E-state index >= 15 is 0 Å². The molecule has 0 heterocycles. The highest BCUT2D eigenvalue weighted by atomic mass is 32.2. The van der Waals surface area contributed by atoms with Gasteiger partial charge in [0.2, 0.25) is 10.0 Å². The molecular formula is C24H33NO3S. The molecule has 1 aliphatic carbocycles. The van der Waals surface area contributed by atoms with Gasteiger partial charge in [-0.2, -0.15) is 0 Å². The van der Waals surface area contributed by atoms with Crippen molar-refractivity contribution in [1.29, 1.82) is 0 Å². The number of sulfonamides is 1. The van der Waals surface area contributed by atoms with Gasteiger partial charge in [-0.25, -0.2) is 13.1 Å². The standard InChI is InChI=1S/C24H33NO3S/c1-24(2,3)15-8-16-29(26,27)25-23(20-9-5-4-6-10-20)21-11-7-12-22(17-21)28-18-19-13-14-19/h4-7,9-12,17,19,23,25H,8,13-16,18H2,1-3H3. The smallest absolute Gasteiger partial charge is 0.212 e. The molecule has 0 aromatic heterocycles. The SMILES string of the molecule is CC(C)(C)CCCS(=O)(=O)NC(c1ccccc1)c1cccc(OCC2CC2)c1. The van der Waals surface area contributed by atoms with E-state index in [1.807, 2.05) is 54.6 Å². The van der Waals surface area contributed by atoms with Crippen molar-refractivity contribution in [1.82, 2.24) is 4.72 Å². The van der Waals surface area contributed by atoms with E-state index in [9.17, 15) is 8.42 Å². The van der Waals surface area contributed by atoms with Gasteiger partial charge >= 0.3 is 0 Å². The zero-order chi connectivity index (χ0) is 20.9. The Hall–Kier alpha value is -1.85. The molecule has 1 atom stereocenters. The van der Waals surface area contributed by atoms with Crippen LogP contribution in [-0.4, -0.2) is 20.8 Å². The summed E-state index contributed by atoms with van der Waals surface area (Å²) < 4.78 is 34.5. The van der Waals surface area contributed by atoms with E-state index in [0.717, 1.165) is 29.9 Å². The molecule has 1 N–H and O–H groups in total. The fourth-order valence-corrected chi connectivity index (χ4v) is 4.56. The van der Waals surface area contributed by atoms with Gasteiger partial charge in [-0.3, -0.25) is 0 Å². The topological polar surface area (TPSA) is 55.4 Å². The van der Waals surface area contributed by atoms with Gasteiger partial charge in [-0.05, 0) is 60.3 Å². The molecule has 1 saturated carbocycles. The molecule has 0 radical (unpaired) electrons. The van der Waals surface area contributed by atoms with Crippen molar-refractivity contribution in [3.63, 3.8) is 0 Å². The summed E-state index contributed by atoms with van der Waals surface area (Å²) >= 11 is 0. The fraction of sp³-hybridized carbons (Fsp3) is 0.500. The maximum absolute atomic E-state index is 12.8. The lowest BCUT2D eigenvalue weighted by molar-refractivity contribution is 0.299. The van der Waals surface area contributed by atoms with Gasteiger partial charge in [-0.15, -0.1) is 0 Å². The summed E-state index contributed by atoms with van der Waals surface area (Å²) in [5.41, 5.74) is 1.94. The van der Waals surface area contributed by atoms with Gasteiger partial charge in [0.05, 0.1) is 18.4 Å². The van der Waals surface area contributed by atoms with Crippen molar-refractivity contribution < 1.29 is 13.2 Å². The van der Waals surface area contributed by atoms with E-state index in [4.69, 9.17) is 4.74 Å².